The molecule has 3 atom stereocenters. The number of ketones is 1. The van der Waals surface area contributed by atoms with E-state index in [-0.39, 0.29) is 22.6 Å². The van der Waals surface area contributed by atoms with Crippen LogP contribution in [0.25, 0.3) is 0 Å². The van der Waals surface area contributed by atoms with E-state index in [9.17, 15) is 31.5 Å². The van der Waals surface area contributed by atoms with Gasteiger partial charge in [0.1, 0.15) is 0 Å². The molecule has 0 unspecified atom stereocenters. The number of methoxy groups -OCH3 is 1. The fourth-order valence-corrected chi connectivity index (χ4v) is 3.85. The van der Waals surface area contributed by atoms with E-state index in [0.29, 0.717) is 0 Å². The van der Waals surface area contributed by atoms with Gasteiger partial charge >= 0.3 is 6.18 Å². The number of amides is 1. The Morgan fingerprint density at radius 3 is 2.55 bits per heavy atom. The Labute approximate surface area is 186 Å². The van der Waals surface area contributed by atoms with Crippen LogP contribution in [0.5, 0.6) is 5.75 Å². The third kappa shape index (κ3) is 4.68. The van der Waals surface area contributed by atoms with Gasteiger partial charge in [-0.25, -0.2) is 4.39 Å². The minimum Gasteiger partial charge on any atom is -0.493 e. The summed E-state index contributed by atoms with van der Waals surface area (Å²) in [7, 11) is 1.05. The number of carbonyl (C=O) groups excluding carboxylic acids is 2. The fourth-order valence-electron chi connectivity index (χ4n) is 3.85. The molecule has 33 heavy (non-hydrogen) atoms. The quantitative estimate of drug-likeness (QED) is 0.507. The van der Waals surface area contributed by atoms with Gasteiger partial charge in [-0.05, 0) is 32.4 Å². The van der Waals surface area contributed by atoms with Crippen LogP contribution in [0.2, 0.25) is 0 Å². The molecule has 2 heterocycles. The lowest BCUT2D eigenvalue weighted by Crippen LogP contribution is -2.53. The molecule has 178 valence electrons. The highest BCUT2D eigenvalue weighted by Gasteiger charge is 2.58. The Morgan fingerprint density at radius 2 is 1.94 bits per heavy atom. The first-order valence-electron chi connectivity index (χ1n) is 9.88. The largest absolute Gasteiger partial charge is 0.493 e. The van der Waals surface area contributed by atoms with Crippen LogP contribution in [-0.4, -0.2) is 42.2 Å². The number of ether oxygens (including phenoxy) is 2. The molecule has 11 heteroatoms. The first-order valence-corrected chi connectivity index (χ1v) is 9.88. The molecule has 3 rings (SSSR count). The van der Waals surface area contributed by atoms with Crippen molar-refractivity contribution in [1.82, 2.24) is 4.98 Å². The third-order valence-electron chi connectivity index (χ3n) is 5.76. The highest BCUT2D eigenvalue weighted by molar-refractivity contribution is 6.04. The maximum Gasteiger partial charge on any atom is 0.417 e. The van der Waals surface area contributed by atoms with Gasteiger partial charge in [-0.2, -0.15) is 17.6 Å². The van der Waals surface area contributed by atoms with Crippen molar-refractivity contribution in [1.29, 1.82) is 0 Å². The summed E-state index contributed by atoms with van der Waals surface area (Å²) in [5.74, 6) is -6.82. The Bertz CT molecular complexity index is 1080. The van der Waals surface area contributed by atoms with Gasteiger partial charge in [0, 0.05) is 23.9 Å². The van der Waals surface area contributed by atoms with E-state index in [0.717, 1.165) is 26.2 Å². The zero-order valence-electron chi connectivity index (χ0n) is 17.9. The van der Waals surface area contributed by atoms with Crippen LogP contribution in [0.4, 0.5) is 27.6 Å². The van der Waals surface area contributed by atoms with Crippen LogP contribution >= 0.6 is 0 Å². The number of aromatic nitrogens is 1. The van der Waals surface area contributed by atoms with Gasteiger partial charge in [0.2, 0.25) is 11.7 Å². The van der Waals surface area contributed by atoms with Crippen LogP contribution in [0, 0.1) is 17.6 Å². The van der Waals surface area contributed by atoms with Crippen molar-refractivity contribution < 1.29 is 41.0 Å². The molecule has 1 saturated heterocycles. The molecule has 1 N–H and O–H groups in total. The first-order chi connectivity index (χ1) is 15.4. The number of halogens is 5. The summed E-state index contributed by atoms with van der Waals surface area (Å²) in [6, 6.07) is 3.22. The minimum atomic E-state index is -4.79. The average molecular weight is 472 g/mol. The van der Waals surface area contributed by atoms with Crippen molar-refractivity contribution in [2.45, 2.75) is 38.0 Å². The molecule has 1 aliphatic rings. The van der Waals surface area contributed by atoms with Crippen molar-refractivity contribution in [3.05, 3.63) is 53.4 Å². The van der Waals surface area contributed by atoms with Crippen molar-refractivity contribution in [2.24, 2.45) is 5.92 Å². The summed E-state index contributed by atoms with van der Waals surface area (Å²) < 4.78 is 79.3. The van der Waals surface area contributed by atoms with Gasteiger partial charge in [-0.3, -0.25) is 14.6 Å². The van der Waals surface area contributed by atoms with Gasteiger partial charge in [0.15, 0.2) is 23.0 Å². The van der Waals surface area contributed by atoms with E-state index in [1.165, 1.54) is 25.4 Å². The summed E-state index contributed by atoms with van der Waals surface area (Å²) in [5.41, 5.74) is -2.52. The van der Waals surface area contributed by atoms with Crippen molar-refractivity contribution in [3.63, 3.8) is 0 Å². The van der Waals surface area contributed by atoms with E-state index in [2.05, 4.69) is 10.3 Å². The second kappa shape index (κ2) is 9.05. The van der Waals surface area contributed by atoms with Gasteiger partial charge < -0.3 is 14.8 Å². The van der Waals surface area contributed by atoms with Gasteiger partial charge in [-0.1, -0.05) is 6.07 Å². The molecule has 6 nitrogen and oxygen atoms in total. The zero-order chi connectivity index (χ0) is 24.6. The maximum atomic E-state index is 14.4. The lowest BCUT2D eigenvalue weighted by atomic mass is 9.75. The molecule has 0 bridgehead atoms. The highest BCUT2D eigenvalue weighted by atomic mass is 19.4. The number of Topliss-reactive ketones (excluding diaryl/α,β-unsaturated/α-hetero) is 1. The molecular weight excluding hydrogens is 451 g/mol. The van der Waals surface area contributed by atoms with Gasteiger partial charge in [-0.15, -0.1) is 0 Å². The normalized spacial score (nSPS) is 23.2. The number of carbonyl (C=O) groups is 2. The number of hydrogen-bond acceptors (Lipinski definition) is 5. The molecule has 1 aliphatic heterocycles. The summed E-state index contributed by atoms with van der Waals surface area (Å²) in [6.07, 6.45) is -2.96. The van der Waals surface area contributed by atoms with Crippen molar-refractivity contribution in [3.8, 4) is 5.75 Å². The Morgan fingerprint density at radius 1 is 1.24 bits per heavy atom. The second-order valence-electron chi connectivity index (χ2n) is 7.91. The molecule has 0 saturated carbocycles. The lowest BCUT2D eigenvalue weighted by Gasteiger charge is -2.43. The number of hydrogen-bond donors (Lipinski definition) is 1. The predicted octanol–water partition coefficient (Wildman–Crippen LogP) is 4.65. The SMILES string of the molecule is COc1c([C@@H]2C[C@](C)(C(F)(F)F)OC[C@H]2C(=O)Nc2ccncc2C(C)=O)ccc(F)c1F. The monoisotopic (exact) mass is 472 g/mol. The fraction of sp³-hybridized carbons (Fsp3) is 0.409. The number of rotatable bonds is 5. The molecule has 0 aliphatic carbocycles. The number of pyridine rings is 1. The van der Waals surface area contributed by atoms with Crippen LogP contribution in [0.3, 0.4) is 0 Å². The van der Waals surface area contributed by atoms with Crippen LogP contribution in [0.15, 0.2) is 30.6 Å². The Balaban J connectivity index is 2.04. The molecule has 1 aromatic carbocycles. The van der Waals surface area contributed by atoms with Gasteiger partial charge in [0.25, 0.3) is 0 Å². The summed E-state index contributed by atoms with van der Waals surface area (Å²) in [4.78, 5) is 28.8. The Kier molecular flexibility index (Phi) is 6.73. The van der Waals surface area contributed by atoms with E-state index in [1.807, 2.05) is 0 Å². The standard InChI is InChI=1S/C22H21F5N2O4/c1-11(30)14-9-28-7-6-17(14)29-20(31)15-10-33-21(2,22(25,26)27)8-13(15)12-4-5-16(23)18(24)19(12)32-3/h4-7,9,13,15H,8,10H2,1-3H3,(H,28,29,31)/t13-,15+,21+/m0/s1. The number of benzene rings is 1. The smallest absolute Gasteiger partial charge is 0.417 e. The van der Waals surface area contributed by atoms with Gasteiger partial charge in [0.05, 0.1) is 30.9 Å². The van der Waals surface area contributed by atoms with Crippen LogP contribution in [0.1, 0.15) is 42.1 Å². The number of nitrogens with zero attached hydrogens (tertiary/aromatic N) is 1. The molecule has 1 fully saturated rings. The summed E-state index contributed by atoms with van der Waals surface area (Å²) >= 11 is 0. The third-order valence-corrected chi connectivity index (χ3v) is 5.76. The molecular formula is C22H21F5N2O4. The van der Waals surface area contributed by atoms with Crippen LogP contribution < -0.4 is 10.1 Å². The molecule has 2 aromatic rings. The first kappa shape index (κ1) is 24.6. The number of anilines is 1. The summed E-state index contributed by atoms with van der Waals surface area (Å²) in [6.45, 7) is 1.44. The topological polar surface area (TPSA) is 77.5 Å². The van der Waals surface area contributed by atoms with E-state index in [4.69, 9.17) is 9.47 Å². The number of alkyl halides is 3. The average Bonchev–Trinajstić information content (AvgIpc) is 2.74. The summed E-state index contributed by atoms with van der Waals surface area (Å²) in [5, 5.41) is 2.52. The molecule has 0 radical (unpaired) electrons. The molecule has 0 spiro atoms. The Hall–Kier alpha value is -3.08. The highest BCUT2D eigenvalue weighted by Crippen LogP contribution is 2.49. The predicted molar refractivity (Wildman–Crippen MR) is 107 cm³/mol. The number of nitrogens with one attached hydrogen (secondary N) is 1. The zero-order valence-corrected chi connectivity index (χ0v) is 17.9. The van der Waals surface area contributed by atoms with Crippen LogP contribution in [-0.2, 0) is 9.53 Å². The molecule has 1 aromatic heterocycles. The van der Waals surface area contributed by atoms with Crippen molar-refractivity contribution in [2.75, 3.05) is 19.0 Å². The lowest BCUT2D eigenvalue weighted by molar-refractivity contribution is -0.289. The second-order valence-corrected chi connectivity index (χ2v) is 7.91. The van der Waals surface area contributed by atoms with Crippen molar-refractivity contribution >= 4 is 17.4 Å². The minimum absolute atomic E-state index is 0.100. The molecule has 1 amide bonds. The van der Waals surface area contributed by atoms with E-state index in [1.54, 1.807) is 0 Å². The maximum absolute atomic E-state index is 14.4. The van der Waals surface area contributed by atoms with E-state index >= 15 is 0 Å². The van der Waals surface area contributed by atoms with E-state index < -0.39 is 59.9 Å².